The van der Waals surface area contributed by atoms with Gasteiger partial charge in [0.25, 0.3) is 5.91 Å². The monoisotopic (exact) mass is 334 g/mol. The van der Waals surface area contributed by atoms with Crippen molar-refractivity contribution in [2.24, 2.45) is 0 Å². The van der Waals surface area contributed by atoms with E-state index in [2.05, 4.69) is 27.6 Å². The molecule has 0 aliphatic carbocycles. The first-order valence-electron chi connectivity index (χ1n) is 8.20. The molecule has 6 heteroatoms. The van der Waals surface area contributed by atoms with Crippen molar-refractivity contribution < 1.29 is 9.32 Å². The first-order valence-corrected chi connectivity index (χ1v) is 8.20. The molecule has 0 atom stereocenters. The molecule has 4 rings (SSSR count). The van der Waals surface area contributed by atoms with Crippen molar-refractivity contribution in [1.29, 1.82) is 0 Å². The van der Waals surface area contributed by atoms with Gasteiger partial charge in [0.1, 0.15) is 5.76 Å². The summed E-state index contributed by atoms with van der Waals surface area (Å²) in [5, 5.41) is 6.99. The molecule has 0 bridgehead atoms. The zero-order valence-electron chi connectivity index (χ0n) is 13.9. The van der Waals surface area contributed by atoms with Gasteiger partial charge < -0.3 is 14.7 Å². The maximum atomic E-state index is 12.8. The number of aryl methyl sites for hydroxylation is 1. The van der Waals surface area contributed by atoms with E-state index < -0.39 is 0 Å². The smallest absolute Gasteiger partial charge is 0.255 e. The third-order valence-electron chi connectivity index (χ3n) is 4.30. The van der Waals surface area contributed by atoms with E-state index in [4.69, 9.17) is 4.52 Å². The Labute approximate surface area is 145 Å². The largest absolute Gasteiger partial charge is 0.360 e. The highest BCUT2D eigenvalue weighted by Crippen LogP contribution is 2.22. The standard InChI is InChI=1S/C19H18N4O2/c1-13-8-18(22-25-13)21-17-9-16(10-20-11-17)19(24)23-7-6-14-4-2-3-5-15(14)12-23/h2-5,8-11H,6-7,12H2,1H3,(H,21,22). The van der Waals surface area contributed by atoms with Crippen molar-refractivity contribution in [2.75, 3.05) is 11.9 Å². The van der Waals surface area contributed by atoms with Gasteiger partial charge in [-0.15, -0.1) is 0 Å². The highest BCUT2D eigenvalue weighted by molar-refractivity contribution is 5.95. The number of fused-ring (bicyclic) bond motifs is 1. The summed E-state index contributed by atoms with van der Waals surface area (Å²) in [7, 11) is 0. The molecule has 1 amide bonds. The first kappa shape index (κ1) is 15.4. The second kappa shape index (κ2) is 6.39. The van der Waals surface area contributed by atoms with E-state index in [0.717, 1.165) is 18.7 Å². The van der Waals surface area contributed by atoms with Crippen LogP contribution in [0.2, 0.25) is 0 Å². The summed E-state index contributed by atoms with van der Waals surface area (Å²) < 4.78 is 5.03. The highest BCUT2D eigenvalue weighted by atomic mass is 16.5. The summed E-state index contributed by atoms with van der Waals surface area (Å²) in [4.78, 5) is 18.9. The quantitative estimate of drug-likeness (QED) is 0.795. The van der Waals surface area contributed by atoms with Gasteiger partial charge in [0.15, 0.2) is 5.82 Å². The Morgan fingerprint density at radius 1 is 1.20 bits per heavy atom. The number of carbonyl (C=O) groups excluding carboxylic acids is 1. The number of pyridine rings is 1. The molecule has 1 aromatic carbocycles. The molecule has 0 saturated heterocycles. The van der Waals surface area contributed by atoms with Crippen LogP contribution in [-0.2, 0) is 13.0 Å². The third kappa shape index (κ3) is 3.24. The van der Waals surface area contributed by atoms with E-state index in [1.165, 1.54) is 11.1 Å². The van der Waals surface area contributed by atoms with Gasteiger partial charge in [-0.1, -0.05) is 29.4 Å². The SMILES string of the molecule is Cc1cc(Nc2cncc(C(=O)N3CCc4ccccc4C3)c2)no1. The molecule has 1 aliphatic heterocycles. The number of aromatic nitrogens is 2. The summed E-state index contributed by atoms with van der Waals surface area (Å²) >= 11 is 0. The first-order chi connectivity index (χ1) is 12.2. The molecule has 3 heterocycles. The van der Waals surface area contributed by atoms with Crippen LogP contribution in [0.15, 0.2) is 53.3 Å². The summed E-state index contributed by atoms with van der Waals surface area (Å²) in [5.41, 5.74) is 3.80. The Balaban J connectivity index is 1.52. The fraction of sp³-hybridized carbons (Fsp3) is 0.211. The van der Waals surface area contributed by atoms with Crippen molar-refractivity contribution >= 4 is 17.4 Å². The number of hydrogen-bond donors (Lipinski definition) is 1. The van der Waals surface area contributed by atoms with Crippen LogP contribution in [0.25, 0.3) is 0 Å². The van der Waals surface area contributed by atoms with Crippen LogP contribution in [0.4, 0.5) is 11.5 Å². The van der Waals surface area contributed by atoms with Gasteiger partial charge in [-0.3, -0.25) is 9.78 Å². The minimum Gasteiger partial charge on any atom is -0.360 e. The summed E-state index contributed by atoms with van der Waals surface area (Å²) in [6.45, 7) is 3.18. The van der Waals surface area contributed by atoms with Crippen molar-refractivity contribution in [2.45, 2.75) is 19.9 Å². The lowest BCUT2D eigenvalue weighted by molar-refractivity contribution is 0.0734. The summed E-state index contributed by atoms with van der Waals surface area (Å²) in [5.74, 6) is 1.30. The Hall–Kier alpha value is -3.15. The molecule has 1 N–H and O–H groups in total. The lowest BCUT2D eigenvalue weighted by Crippen LogP contribution is -2.36. The lowest BCUT2D eigenvalue weighted by atomic mass is 9.99. The Kier molecular flexibility index (Phi) is 3.93. The molecule has 1 aliphatic rings. The Bertz CT molecular complexity index is 919. The van der Waals surface area contributed by atoms with Crippen LogP contribution in [-0.4, -0.2) is 27.5 Å². The van der Waals surface area contributed by atoms with E-state index >= 15 is 0 Å². The van der Waals surface area contributed by atoms with Crippen molar-refractivity contribution in [3.63, 3.8) is 0 Å². The zero-order chi connectivity index (χ0) is 17.2. The van der Waals surface area contributed by atoms with E-state index in [9.17, 15) is 4.79 Å². The summed E-state index contributed by atoms with van der Waals surface area (Å²) in [6.07, 6.45) is 4.14. The average Bonchev–Trinajstić information content (AvgIpc) is 3.05. The number of amides is 1. The normalized spacial score (nSPS) is 13.4. The Morgan fingerprint density at radius 2 is 2.04 bits per heavy atom. The Morgan fingerprint density at radius 3 is 2.84 bits per heavy atom. The predicted molar refractivity (Wildman–Crippen MR) is 93.6 cm³/mol. The van der Waals surface area contributed by atoms with Gasteiger partial charge in [0, 0.05) is 25.4 Å². The average molecular weight is 334 g/mol. The van der Waals surface area contributed by atoms with Crippen molar-refractivity contribution in [3.8, 4) is 0 Å². The topological polar surface area (TPSA) is 71.3 Å². The van der Waals surface area contributed by atoms with Crippen LogP contribution in [0.5, 0.6) is 0 Å². The lowest BCUT2D eigenvalue weighted by Gasteiger charge is -2.29. The number of anilines is 2. The maximum absolute atomic E-state index is 12.8. The van der Waals surface area contributed by atoms with E-state index in [1.807, 2.05) is 24.0 Å². The third-order valence-corrected chi connectivity index (χ3v) is 4.30. The second-order valence-corrected chi connectivity index (χ2v) is 6.16. The number of nitrogens with one attached hydrogen (secondary N) is 1. The molecule has 25 heavy (non-hydrogen) atoms. The molecule has 0 fully saturated rings. The van der Waals surface area contributed by atoms with Gasteiger partial charge in [0.05, 0.1) is 17.4 Å². The molecule has 0 radical (unpaired) electrons. The molecular weight excluding hydrogens is 316 g/mol. The summed E-state index contributed by atoms with van der Waals surface area (Å²) in [6, 6.07) is 11.8. The van der Waals surface area contributed by atoms with E-state index in [-0.39, 0.29) is 5.91 Å². The number of rotatable bonds is 3. The van der Waals surface area contributed by atoms with Crippen LogP contribution in [0.3, 0.4) is 0 Å². The van der Waals surface area contributed by atoms with Gasteiger partial charge in [-0.05, 0) is 30.5 Å². The highest BCUT2D eigenvalue weighted by Gasteiger charge is 2.22. The molecule has 6 nitrogen and oxygen atoms in total. The van der Waals surface area contributed by atoms with E-state index in [1.54, 1.807) is 24.5 Å². The zero-order valence-corrected chi connectivity index (χ0v) is 13.9. The molecular formula is C19H18N4O2. The molecule has 0 unspecified atom stereocenters. The van der Waals surface area contributed by atoms with Gasteiger partial charge >= 0.3 is 0 Å². The number of hydrogen-bond acceptors (Lipinski definition) is 5. The fourth-order valence-corrected chi connectivity index (χ4v) is 3.05. The van der Waals surface area contributed by atoms with Crippen molar-refractivity contribution in [1.82, 2.24) is 15.0 Å². The molecule has 2 aromatic heterocycles. The van der Waals surface area contributed by atoms with Crippen molar-refractivity contribution in [3.05, 3.63) is 71.2 Å². The van der Waals surface area contributed by atoms with E-state index in [0.29, 0.717) is 23.6 Å². The maximum Gasteiger partial charge on any atom is 0.255 e. The minimum absolute atomic E-state index is 0.0120. The van der Waals surface area contributed by atoms with Crippen LogP contribution in [0.1, 0.15) is 27.2 Å². The molecule has 0 spiro atoms. The fourth-order valence-electron chi connectivity index (χ4n) is 3.05. The predicted octanol–water partition coefficient (Wildman–Crippen LogP) is 3.32. The minimum atomic E-state index is -0.0120. The number of carbonyl (C=O) groups is 1. The molecule has 0 saturated carbocycles. The van der Waals surface area contributed by atoms with Crippen LogP contribution < -0.4 is 5.32 Å². The number of benzene rings is 1. The molecule has 126 valence electrons. The second-order valence-electron chi connectivity index (χ2n) is 6.16. The van der Waals surface area contributed by atoms with Gasteiger partial charge in [-0.25, -0.2) is 0 Å². The molecule has 3 aromatic rings. The number of nitrogens with zero attached hydrogens (tertiary/aromatic N) is 3. The van der Waals surface area contributed by atoms with Gasteiger partial charge in [0.2, 0.25) is 0 Å². The van der Waals surface area contributed by atoms with Crippen LogP contribution >= 0.6 is 0 Å². The van der Waals surface area contributed by atoms with Crippen LogP contribution in [0, 0.1) is 6.92 Å². The van der Waals surface area contributed by atoms with Gasteiger partial charge in [-0.2, -0.15) is 0 Å².